The first-order chi connectivity index (χ1) is 8.15. The van der Waals surface area contributed by atoms with E-state index < -0.39 is 0 Å². The van der Waals surface area contributed by atoms with E-state index in [2.05, 4.69) is 15.6 Å². The van der Waals surface area contributed by atoms with Crippen molar-refractivity contribution >= 4 is 11.8 Å². The zero-order valence-electron chi connectivity index (χ0n) is 10.5. The van der Waals surface area contributed by atoms with Crippen molar-refractivity contribution in [1.29, 1.82) is 0 Å². The highest BCUT2D eigenvalue weighted by Crippen LogP contribution is 2.05. The first-order valence-electron chi connectivity index (χ1n) is 5.64. The lowest BCUT2D eigenvalue weighted by Gasteiger charge is -2.16. The number of nitrogens with zero attached hydrogens (tertiary/aromatic N) is 1. The van der Waals surface area contributed by atoms with Crippen molar-refractivity contribution in [1.82, 2.24) is 10.3 Å². The predicted molar refractivity (Wildman–Crippen MR) is 67.1 cm³/mol. The summed E-state index contributed by atoms with van der Waals surface area (Å²) in [5, 5.41) is 5.51. The second-order valence-electron chi connectivity index (χ2n) is 3.88. The molecule has 1 aromatic heterocycles. The number of anilines is 1. The van der Waals surface area contributed by atoms with Gasteiger partial charge < -0.3 is 10.1 Å². The third-order valence-electron chi connectivity index (χ3n) is 2.35. The molecule has 94 valence electrons. The number of carbonyl (C=O) groups excluding carboxylic acids is 1. The molecule has 0 aliphatic carbocycles. The van der Waals surface area contributed by atoms with Crippen molar-refractivity contribution < 1.29 is 9.53 Å². The van der Waals surface area contributed by atoms with E-state index in [1.807, 2.05) is 26.0 Å². The summed E-state index contributed by atoms with van der Waals surface area (Å²) in [7, 11) is 1.62. The summed E-state index contributed by atoms with van der Waals surface area (Å²) in [5.74, 6) is 0.551. The number of aromatic nitrogens is 1. The molecule has 1 aromatic rings. The molecule has 1 rings (SSSR count). The summed E-state index contributed by atoms with van der Waals surface area (Å²) in [5.41, 5.74) is 1.05. The first-order valence-corrected chi connectivity index (χ1v) is 5.64. The second-order valence-corrected chi connectivity index (χ2v) is 3.88. The number of hydrogen-bond acceptors (Lipinski definition) is 3. The third-order valence-corrected chi connectivity index (χ3v) is 2.35. The number of rotatable bonds is 5. The normalized spacial score (nSPS) is 11.9. The van der Waals surface area contributed by atoms with E-state index in [0.29, 0.717) is 12.4 Å². The molecule has 5 nitrogen and oxygen atoms in total. The Morgan fingerprint density at radius 2 is 2.35 bits per heavy atom. The molecule has 1 unspecified atom stereocenters. The van der Waals surface area contributed by atoms with E-state index in [1.54, 1.807) is 13.3 Å². The lowest BCUT2D eigenvalue weighted by Crippen LogP contribution is -2.40. The molecule has 17 heavy (non-hydrogen) atoms. The Morgan fingerprint density at radius 3 is 2.94 bits per heavy atom. The number of urea groups is 1. The van der Waals surface area contributed by atoms with Gasteiger partial charge in [-0.1, -0.05) is 6.92 Å². The maximum atomic E-state index is 11.7. The number of hydrogen-bond donors (Lipinski definition) is 2. The Balaban J connectivity index is 2.49. The van der Waals surface area contributed by atoms with Crippen molar-refractivity contribution in [3.05, 3.63) is 23.9 Å². The molecule has 0 aliphatic heterocycles. The van der Waals surface area contributed by atoms with Gasteiger partial charge in [0.25, 0.3) is 0 Å². The minimum absolute atomic E-state index is 0.0183. The van der Waals surface area contributed by atoms with E-state index in [0.717, 1.165) is 12.0 Å². The van der Waals surface area contributed by atoms with Crippen LogP contribution in [-0.4, -0.2) is 30.8 Å². The predicted octanol–water partition coefficient (Wildman–Crippen LogP) is 1.94. The number of ether oxygens (including phenoxy) is 1. The molecule has 2 N–H and O–H groups in total. The van der Waals surface area contributed by atoms with Crippen LogP contribution >= 0.6 is 0 Å². The third kappa shape index (κ3) is 4.82. The average Bonchev–Trinajstić information content (AvgIpc) is 2.28. The average molecular weight is 237 g/mol. The summed E-state index contributed by atoms with van der Waals surface area (Å²) in [4.78, 5) is 15.7. The van der Waals surface area contributed by atoms with Gasteiger partial charge in [0.05, 0.1) is 12.6 Å². The van der Waals surface area contributed by atoms with Crippen molar-refractivity contribution in [2.75, 3.05) is 19.0 Å². The van der Waals surface area contributed by atoms with Gasteiger partial charge in [-0.3, -0.25) is 5.32 Å². The molecule has 0 aromatic carbocycles. The lowest BCUT2D eigenvalue weighted by molar-refractivity contribution is 0.165. The van der Waals surface area contributed by atoms with Crippen molar-refractivity contribution in [2.24, 2.45) is 0 Å². The Morgan fingerprint density at radius 1 is 1.59 bits per heavy atom. The number of pyridine rings is 1. The Labute approximate surface area is 102 Å². The van der Waals surface area contributed by atoms with E-state index in [4.69, 9.17) is 4.74 Å². The standard InChI is InChI=1S/C12H19N3O2/c1-4-10(8-17-3)14-12(16)15-11-7-9(2)5-6-13-11/h5-7,10H,4,8H2,1-3H3,(H2,13,14,15,16). The fraction of sp³-hybridized carbons (Fsp3) is 0.500. The van der Waals surface area contributed by atoms with Crippen LogP contribution in [0.25, 0.3) is 0 Å². The summed E-state index contributed by atoms with van der Waals surface area (Å²) in [6, 6.07) is 3.46. The topological polar surface area (TPSA) is 63.2 Å². The van der Waals surface area contributed by atoms with E-state index >= 15 is 0 Å². The van der Waals surface area contributed by atoms with Crippen LogP contribution in [0.4, 0.5) is 10.6 Å². The molecular formula is C12H19N3O2. The smallest absolute Gasteiger partial charge is 0.320 e. The number of aryl methyl sites for hydroxylation is 1. The largest absolute Gasteiger partial charge is 0.383 e. The first kappa shape index (κ1) is 13.4. The minimum atomic E-state index is -0.257. The maximum Gasteiger partial charge on any atom is 0.320 e. The molecule has 1 heterocycles. The number of nitrogens with one attached hydrogen (secondary N) is 2. The molecule has 0 fully saturated rings. The van der Waals surface area contributed by atoms with E-state index in [1.165, 1.54) is 0 Å². The molecule has 0 saturated heterocycles. The van der Waals surface area contributed by atoms with E-state index in [9.17, 15) is 4.79 Å². The van der Waals surface area contributed by atoms with Crippen LogP contribution in [0.15, 0.2) is 18.3 Å². The molecule has 0 bridgehead atoms. The van der Waals surface area contributed by atoms with Gasteiger partial charge in [0.1, 0.15) is 5.82 Å². The van der Waals surface area contributed by atoms with Gasteiger partial charge in [-0.25, -0.2) is 9.78 Å². The summed E-state index contributed by atoms with van der Waals surface area (Å²) in [6.45, 7) is 4.45. The SMILES string of the molecule is CCC(COC)NC(=O)Nc1cc(C)ccn1. The summed E-state index contributed by atoms with van der Waals surface area (Å²) >= 11 is 0. The highest BCUT2D eigenvalue weighted by Gasteiger charge is 2.10. The van der Waals surface area contributed by atoms with Crippen LogP contribution in [-0.2, 0) is 4.74 Å². The highest BCUT2D eigenvalue weighted by molar-refractivity contribution is 5.88. The molecule has 0 aliphatic rings. The van der Waals surface area contributed by atoms with Crippen LogP contribution in [0, 0.1) is 6.92 Å². The van der Waals surface area contributed by atoms with Gasteiger partial charge in [-0.2, -0.15) is 0 Å². The maximum absolute atomic E-state index is 11.7. The van der Waals surface area contributed by atoms with Crippen LogP contribution in [0.5, 0.6) is 0 Å². The summed E-state index contributed by atoms with van der Waals surface area (Å²) < 4.78 is 5.01. The highest BCUT2D eigenvalue weighted by atomic mass is 16.5. The lowest BCUT2D eigenvalue weighted by atomic mass is 10.2. The van der Waals surface area contributed by atoms with Crippen LogP contribution < -0.4 is 10.6 Å². The minimum Gasteiger partial charge on any atom is -0.383 e. The van der Waals surface area contributed by atoms with E-state index in [-0.39, 0.29) is 12.1 Å². The Kier molecular flexibility index (Phi) is 5.42. The quantitative estimate of drug-likeness (QED) is 0.822. The molecule has 5 heteroatoms. The summed E-state index contributed by atoms with van der Waals surface area (Å²) in [6.07, 6.45) is 2.49. The molecule has 2 amide bonds. The monoisotopic (exact) mass is 237 g/mol. The van der Waals surface area contributed by atoms with Crippen molar-refractivity contribution in [2.45, 2.75) is 26.3 Å². The van der Waals surface area contributed by atoms with Gasteiger partial charge in [0, 0.05) is 13.3 Å². The molecule has 0 radical (unpaired) electrons. The number of amides is 2. The zero-order valence-corrected chi connectivity index (χ0v) is 10.5. The fourth-order valence-electron chi connectivity index (χ4n) is 1.41. The van der Waals surface area contributed by atoms with Crippen LogP contribution in [0.1, 0.15) is 18.9 Å². The van der Waals surface area contributed by atoms with Gasteiger partial charge in [-0.05, 0) is 31.0 Å². The second kappa shape index (κ2) is 6.85. The van der Waals surface area contributed by atoms with Crippen molar-refractivity contribution in [3.8, 4) is 0 Å². The molecular weight excluding hydrogens is 218 g/mol. The van der Waals surface area contributed by atoms with Gasteiger partial charge in [-0.15, -0.1) is 0 Å². The zero-order chi connectivity index (χ0) is 12.7. The van der Waals surface area contributed by atoms with Crippen LogP contribution in [0.2, 0.25) is 0 Å². The number of carbonyl (C=O) groups is 1. The van der Waals surface area contributed by atoms with Crippen molar-refractivity contribution in [3.63, 3.8) is 0 Å². The van der Waals surface area contributed by atoms with Gasteiger partial charge in [0.2, 0.25) is 0 Å². The van der Waals surface area contributed by atoms with Gasteiger partial charge >= 0.3 is 6.03 Å². The molecule has 0 saturated carbocycles. The number of methoxy groups -OCH3 is 1. The van der Waals surface area contributed by atoms with Gasteiger partial charge in [0.15, 0.2) is 0 Å². The molecule has 1 atom stereocenters. The molecule has 0 spiro atoms. The Bertz CT molecular complexity index is 369. The fourth-order valence-corrected chi connectivity index (χ4v) is 1.41. The Hall–Kier alpha value is -1.62. The van der Waals surface area contributed by atoms with Crippen LogP contribution in [0.3, 0.4) is 0 Å².